The van der Waals surface area contributed by atoms with Crippen molar-refractivity contribution >= 4 is 19.8 Å². The molecular weight excluding hydrogens is 553 g/mol. The van der Waals surface area contributed by atoms with E-state index in [1.54, 1.807) is 55.5 Å². The number of nitrogens with zero attached hydrogens (tertiary/aromatic N) is 1. The van der Waals surface area contributed by atoms with Crippen LogP contribution in [0.1, 0.15) is 37.6 Å². The Morgan fingerprint density at radius 3 is 2.56 bits per heavy atom. The first-order chi connectivity index (χ1) is 19.7. The van der Waals surface area contributed by atoms with Crippen LogP contribution < -0.4 is 20.9 Å². The Balaban J connectivity index is 1.44. The summed E-state index contributed by atoms with van der Waals surface area (Å²) in [7, 11) is -4.22. The summed E-state index contributed by atoms with van der Waals surface area (Å²) in [6, 6.07) is 16.2. The highest BCUT2D eigenvalue weighted by Crippen LogP contribution is 2.46. The molecule has 3 N–H and O–H groups in total. The zero-order valence-corrected chi connectivity index (χ0v) is 23.4. The summed E-state index contributed by atoms with van der Waals surface area (Å²) in [6.45, 7) is 2.81. The first kappa shape index (κ1) is 30.2. The minimum absolute atomic E-state index is 0.00867. The number of para-hydroxylation sites is 1. The van der Waals surface area contributed by atoms with E-state index in [1.165, 1.54) is 23.8 Å². The van der Waals surface area contributed by atoms with Gasteiger partial charge in [0, 0.05) is 12.6 Å². The molecule has 218 valence electrons. The lowest BCUT2D eigenvalue weighted by Gasteiger charge is -2.24. The van der Waals surface area contributed by atoms with Crippen LogP contribution >= 0.6 is 7.75 Å². The van der Waals surface area contributed by atoms with Gasteiger partial charge in [-0.15, -0.1) is 0 Å². The number of esters is 1. The number of nitrogens with one attached hydrogen (secondary N) is 2. The number of allylic oxidation sites excluding steroid dienone is 1. The average molecular weight is 586 g/mol. The molecule has 1 fully saturated rings. The molecule has 0 saturated carbocycles. The molecule has 4 unspecified atom stereocenters. The summed E-state index contributed by atoms with van der Waals surface area (Å²) in [5.41, 5.74) is -0.230. The monoisotopic (exact) mass is 585 g/mol. The van der Waals surface area contributed by atoms with Crippen LogP contribution in [0.3, 0.4) is 0 Å². The molecule has 0 amide bonds. The molecule has 0 aliphatic carbocycles. The Morgan fingerprint density at radius 2 is 1.88 bits per heavy atom. The number of aliphatic hydroxyl groups is 1. The second-order valence-corrected chi connectivity index (χ2v) is 11.0. The third kappa shape index (κ3) is 8.12. The fourth-order valence-electron chi connectivity index (χ4n) is 4.07. The number of rotatable bonds is 12. The van der Waals surface area contributed by atoms with E-state index in [4.69, 9.17) is 18.5 Å². The molecule has 1 aromatic heterocycles. The zero-order valence-electron chi connectivity index (χ0n) is 22.5. The molecular formula is C28H32N3O9P. The van der Waals surface area contributed by atoms with E-state index in [-0.39, 0.29) is 24.3 Å². The third-order valence-electron chi connectivity index (χ3n) is 6.16. The third-order valence-corrected chi connectivity index (χ3v) is 7.81. The van der Waals surface area contributed by atoms with Crippen LogP contribution in [-0.2, 0) is 30.0 Å². The van der Waals surface area contributed by atoms with Crippen molar-refractivity contribution in [3.63, 3.8) is 0 Å². The standard InChI is InChI=1S/C28H32N3O9P/c1-3-10-21-16-31(28(35)29-26(21)33)25-15-23(32)24(39-25)18-38-41(36,40-22-13-8-5-9-14-22)30-19(2)27(34)37-17-20-11-6-4-7-12-20/h3-14,16,19,23-25,32H,15,17-18H2,1-2H3,(H,30,36)(H,29,33,35)/b10-3+/t19-,23?,24?,25?,41?/m0/s1. The summed E-state index contributed by atoms with van der Waals surface area (Å²) in [6.07, 6.45) is 1.53. The Labute approximate surface area is 236 Å². The number of benzene rings is 2. The van der Waals surface area contributed by atoms with E-state index < -0.39 is 56.0 Å². The first-order valence-corrected chi connectivity index (χ1v) is 14.5. The summed E-state index contributed by atoms with van der Waals surface area (Å²) >= 11 is 0. The molecule has 3 aromatic rings. The molecule has 0 bridgehead atoms. The minimum Gasteiger partial charge on any atom is -0.460 e. The maximum Gasteiger partial charge on any atom is 0.459 e. The van der Waals surface area contributed by atoms with Crippen LogP contribution in [0.15, 0.2) is 82.5 Å². The number of ether oxygens (including phenoxy) is 2. The molecule has 41 heavy (non-hydrogen) atoms. The second-order valence-electron chi connectivity index (χ2n) is 9.32. The quantitative estimate of drug-likeness (QED) is 0.213. The lowest BCUT2D eigenvalue weighted by Crippen LogP contribution is -2.36. The van der Waals surface area contributed by atoms with Gasteiger partial charge < -0.3 is 19.1 Å². The zero-order chi connectivity index (χ0) is 29.4. The smallest absolute Gasteiger partial charge is 0.459 e. The number of carbonyl (C=O) groups excluding carboxylic acids is 1. The van der Waals surface area contributed by atoms with E-state index in [9.17, 15) is 24.1 Å². The molecule has 2 aromatic carbocycles. The highest BCUT2D eigenvalue weighted by atomic mass is 31.2. The van der Waals surface area contributed by atoms with Gasteiger partial charge in [0.1, 0.15) is 30.7 Å². The van der Waals surface area contributed by atoms with Crippen molar-refractivity contribution in [2.75, 3.05) is 6.61 Å². The highest BCUT2D eigenvalue weighted by Gasteiger charge is 2.39. The van der Waals surface area contributed by atoms with Gasteiger partial charge in [-0.3, -0.25) is 23.7 Å². The van der Waals surface area contributed by atoms with Crippen molar-refractivity contribution in [3.05, 3.63) is 105 Å². The Bertz CT molecular complexity index is 1510. The van der Waals surface area contributed by atoms with E-state index in [2.05, 4.69) is 10.1 Å². The molecule has 1 aliphatic heterocycles. The van der Waals surface area contributed by atoms with Crippen molar-refractivity contribution in [2.24, 2.45) is 0 Å². The number of carbonyl (C=O) groups is 1. The fourth-order valence-corrected chi connectivity index (χ4v) is 5.58. The lowest BCUT2D eigenvalue weighted by atomic mass is 10.2. The van der Waals surface area contributed by atoms with Crippen LogP contribution in [-0.4, -0.2) is 45.5 Å². The molecule has 12 nitrogen and oxygen atoms in total. The van der Waals surface area contributed by atoms with Crippen molar-refractivity contribution in [3.8, 4) is 5.75 Å². The van der Waals surface area contributed by atoms with Crippen LogP contribution in [0.2, 0.25) is 0 Å². The van der Waals surface area contributed by atoms with E-state index in [0.29, 0.717) is 0 Å². The molecule has 0 spiro atoms. The van der Waals surface area contributed by atoms with Gasteiger partial charge in [0.25, 0.3) is 5.56 Å². The van der Waals surface area contributed by atoms with Crippen molar-refractivity contribution in [1.82, 2.24) is 14.6 Å². The topological polar surface area (TPSA) is 158 Å². The molecule has 0 radical (unpaired) electrons. The molecule has 2 heterocycles. The van der Waals surface area contributed by atoms with Crippen LogP contribution in [0.25, 0.3) is 6.08 Å². The summed E-state index contributed by atoms with van der Waals surface area (Å²) < 4.78 is 37.4. The maximum absolute atomic E-state index is 13.8. The number of H-pyrrole nitrogens is 1. The molecule has 13 heteroatoms. The van der Waals surface area contributed by atoms with Gasteiger partial charge in [0.2, 0.25) is 0 Å². The number of aromatic nitrogens is 2. The molecule has 1 aliphatic rings. The normalized spacial score (nSPS) is 20.9. The summed E-state index contributed by atoms with van der Waals surface area (Å²) in [5, 5.41) is 13.2. The summed E-state index contributed by atoms with van der Waals surface area (Å²) in [5.74, 6) is -0.462. The Hall–Kier alpha value is -3.80. The maximum atomic E-state index is 13.8. The van der Waals surface area contributed by atoms with Crippen LogP contribution in [0, 0.1) is 0 Å². The predicted molar refractivity (Wildman–Crippen MR) is 150 cm³/mol. The van der Waals surface area contributed by atoms with Gasteiger partial charge in [-0.25, -0.2) is 9.36 Å². The average Bonchev–Trinajstić information content (AvgIpc) is 3.33. The van der Waals surface area contributed by atoms with Gasteiger partial charge in [-0.05, 0) is 31.5 Å². The van der Waals surface area contributed by atoms with E-state index >= 15 is 0 Å². The largest absolute Gasteiger partial charge is 0.460 e. The van der Waals surface area contributed by atoms with Crippen molar-refractivity contribution < 1.29 is 33.0 Å². The molecule has 1 saturated heterocycles. The molecule has 4 rings (SSSR count). The number of aromatic amines is 1. The van der Waals surface area contributed by atoms with Crippen molar-refractivity contribution in [1.29, 1.82) is 0 Å². The first-order valence-electron chi connectivity index (χ1n) is 13.0. The van der Waals surface area contributed by atoms with Gasteiger partial charge in [-0.2, -0.15) is 5.09 Å². The van der Waals surface area contributed by atoms with Crippen molar-refractivity contribution in [2.45, 2.75) is 51.4 Å². The SMILES string of the molecule is C/C=C/c1cn(C2CC(O)C(COP(=O)(N[C@@H](C)C(=O)OCc3ccccc3)Oc3ccccc3)O2)c(=O)[nH]c1=O. The predicted octanol–water partition coefficient (Wildman–Crippen LogP) is 3.14. The number of hydrogen-bond donors (Lipinski definition) is 3. The minimum atomic E-state index is -4.22. The number of aliphatic hydroxyl groups excluding tert-OH is 1. The number of hydrogen-bond acceptors (Lipinski definition) is 9. The highest BCUT2D eigenvalue weighted by molar-refractivity contribution is 7.52. The fraction of sp³-hybridized carbons (Fsp3) is 0.321. The Kier molecular flexibility index (Phi) is 10.1. The van der Waals surface area contributed by atoms with Crippen LogP contribution in [0.5, 0.6) is 5.75 Å². The van der Waals surface area contributed by atoms with Gasteiger partial charge >= 0.3 is 19.4 Å². The lowest BCUT2D eigenvalue weighted by molar-refractivity contribution is -0.146. The van der Waals surface area contributed by atoms with Gasteiger partial charge in [0.05, 0.1) is 18.3 Å². The van der Waals surface area contributed by atoms with E-state index in [0.717, 1.165) is 5.56 Å². The van der Waals surface area contributed by atoms with E-state index in [1.807, 2.05) is 18.2 Å². The van der Waals surface area contributed by atoms with Crippen LogP contribution in [0.4, 0.5) is 0 Å². The van der Waals surface area contributed by atoms with Gasteiger partial charge in [-0.1, -0.05) is 60.7 Å². The summed E-state index contributed by atoms with van der Waals surface area (Å²) in [4.78, 5) is 39.3. The second kappa shape index (κ2) is 13.7. The Morgan fingerprint density at radius 1 is 1.20 bits per heavy atom. The molecule has 5 atom stereocenters. The van der Waals surface area contributed by atoms with Gasteiger partial charge in [0.15, 0.2) is 0 Å².